The molecule has 1 saturated heterocycles. The van der Waals surface area contributed by atoms with Crippen LogP contribution in [0.3, 0.4) is 0 Å². The molecule has 2 N–H and O–H groups in total. The average Bonchev–Trinajstić information content (AvgIpc) is 2.49. The number of carbonyl (C=O) groups excluding carboxylic acids is 2. The molecule has 20 heavy (non-hydrogen) atoms. The van der Waals surface area contributed by atoms with E-state index in [0.717, 1.165) is 25.9 Å². The van der Waals surface area contributed by atoms with Gasteiger partial charge in [-0.25, -0.2) is 4.79 Å². The second kappa shape index (κ2) is 7.05. The predicted molar refractivity (Wildman–Crippen MR) is 76.6 cm³/mol. The lowest BCUT2D eigenvalue weighted by molar-refractivity contribution is -0.120. The number of ether oxygens (including phenoxy) is 1. The van der Waals surface area contributed by atoms with Crippen LogP contribution in [-0.4, -0.2) is 31.6 Å². The maximum atomic E-state index is 12.1. The predicted octanol–water partition coefficient (Wildman–Crippen LogP) is 1.80. The Labute approximate surface area is 118 Å². The first-order chi connectivity index (χ1) is 9.70. The summed E-state index contributed by atoms with van der Waals surface area (Å²) in [5, 5.41) is 6.12. The zero-order valence-electron chi connectivity index (χ0n) is 11.6. The average molecular weight is 276 g/mol. The van der Waals surface area contributed by atoms with E-state index in [9.17, 15) is 9.59 Å². The van der Waals surface area contributed by atoms with E-state index in [4.69, 9.17) is 4.74 Å². The lowest BCUT2D eigenvalue weighted by atomic mass is 9.97. The Kier molecular flexibility index (Phi) is 5.12. The number of esters is 1. The van der Waals surface area contributed by atoms with Crippen LogP contribution in [0.2, 0.25) is 0 Å². The van der Waals surface area contributed by atoms with Gasteiger partial charge in [0.1, 0.15) is 0 Å². The lowest BCUT2D eigenvalue weighted by Gasteiger charge is -2.21. The summed E-state index contributed by atoms with van der Waals surface area (Å²) in [6.45, 7) is 3.90. The zero-order valence-corrected chi connectivity index (χ0v) is 11.6. The fourth-order valence-corrected chi connectivity index (χ4v) is 2.23. The van der Waals surface area contributed by atoms with Crippen LogP contribution in [0.15, 0.2) is 24.3 Å². The van der Waals surface area contributed by atoms with Crippen LogP contribution in [0.25, 0.3) is 0 Å². The SMILES string of the molecule is CCOC(=O)c1ccc(NC(=O)C2CCNCC2)cc1. The van der Waals surface area contributed by atoms with Gasteiger partial charge in [0.2, 0.25) is 5.91 Å². The second-order valence-electron chi connectivity index (χ2n) is 4.81. The van der Waals surface area contributed by atoms with Crippen molar-refractivity contribution in [1.29, 1.82) is 0 Å². The minimum absolute atomic E-state index is 0.0513. The molecular weight excluding hydrogens is 256 g/mol. The number of benzene rings is 1. The van der Waals surface area contributed by atoms with Crippen LogP contribution in [-0.2, 0) is 9.53 Å². The van der Waals surface area contributed by atoms with E-state index in [1.165, 1.54) is 0 Å². The first-order valence-corrected chi connectivity index (χ1v) is 6.99. The van der Waals surface area contributed by atoms with Crippen LogP contribution in [0.5, 0.6) is 0 Å². The molecule has 0 spiro atoms. The number of piperidine rings is 1. The number of rotatable bonds is 4. The highest BCUT2D eigenvalue weighted by molar-refractivity contribution is 5.94. The van der Waals surface area contributed by atoms with Crippen molar-refractivity contribution in [2.75, 3.05) is 25.0 Å². The Morgan fingerprint density at radius 1 is 1.25 bits per heavy atom. The Morgan fingerprint density at radius 3 is 2.50 bits per heavy atom. The minimum Gasteiger partial charge on any atom is -0.462 e. The summed E-state index contributed by atoms with van der Waals surface area (Å²) in [7, 11) is 0. The number of hydrogen-bond donors (Lipinski definition) is 2. The maximum absolute atomic E-state index is 12.1. The monoisotopic (exact) mass is 276 g/mol. The highest BCUT2D eigenvalue weighted by Gasteiger charge is 2.20. The van der Waals surface area contributed by atoms with Gasteiger partial charge in [0.25, 0.3) is 0 Å². The summed E-state index contributed by atoms with van der Waals surface area (Å²) < 4.78 is 4.91. The molecule has 1 fully saturated rings. The third-order valence-electron chi connectivity index (χ3n) is 3.37. The second-order valence-corrected chi connectivity index (χ2v) is 4.81. The molecule has 1 aromatic carbocycles. The van der Waals surface area contributed by atoms with Gasteiger partial charge in [0.15, 0.2) is 0 Å². The standard InChI is InChI=1S/C15H20N2O3/c1-2-20-15(19)12-3-5-13(6-4-12)17-14(18)11-7-9-16-10-8-11/h3-6,11,16H,2,7-10H2,1H3,(H,17,18). The number of anilines is 1. The van der Waals surface area contributed by atoms with Gasteiger partial charge in [-0.3, -0.25) is 4.79 Å². The van der Waals surface area contributed by atoms with Crippen molar-refractivity contribution in [3.05, 3.63) is 29.8 Å². The number of amides is 1. The van der Waals surface area contributed by atoms with E-state index in [1.807, 2.05) is 0 Å². The number of nitrogens with one attached hydrogen (secondary N) is 2. The molecule has 1 aliphatic heterocycles. The molecule has 0 unspecified atom stereocenters. The van der Waals surface area contributed by atoms with E-state index in [-0.39, 0.29) is 17.8 Å². The van der Waals surface area contributed by atoms with E-state index in [2.05, 4.69) is 10.6 Å². The third-order valence-corrected chi connectivity index (χ3v) is 3.37. The van der Waals surface area contributed by atoms with Gasteiger partial charge in [-0.1, -0.05) is 0 Å². The summed E-state index contributed by atoms with van der Waals surface area (Å²) >= 11 is 0. The minimum atomic E-state index is -0.344. The molecule has 1 aromatic rings. The lowest BCUT2D eigenvalue weighted by Crippen LogP contribution is -2.34. The summed E-state index contributed by atoms with van der Waals surface area (Å²) in [4.78, 5) is 23.6. The molecule has 5 nitrogen and oxygen atoms in total. The highest BCUT2D eigenvalue weighted by atomic mass is 16.5. The molecule has 0 bridgehead atoms. The largest absolute Gasteiger partial charge is 0.462 e. The molecule has 0 aromatic heterocycles. The van der Waals surface area contributed by atoms with E-state index in [0.29, 0.717) is 17.9 Å². The van der Waals surface area contributed by atoms with Crippen LogP contribution in [0.1, 0.15) is 30.1 Å². The van der Waals surface area contributed by atoms with Gasteiger partial charge in [-0.15, -0.1) is 0 Å². The van der Waals surface area contributed by atoms with Crippen molar-refractivity contribution in [3.8, 4) is 0 Å². The molecule has 1 aliphatic rings. The molecule has 0 aliphatic carbocycles. The van der Waals surface area contributed by atoms with E-state index < -0.39 is 0 Å². The molecule has 1 heterocycles. The van der Waals surface area contributed by atoms with Crippen molar-refractivity contribution >= 4 is 17.6 Å². The van der Waals surface area contributed by atoms with Crippen molar-refractivity contribution in [2.24, 2.45) is 5.92 Å². The van der Waals surface area contributed by atoms with Crippen LogP contribution in [0, 0.1) is 5.92 Å². The van der Waals surface area contributed by atoms with Crippen molar-refractivity contribution in [1.82, 2.24) is 5.32 Å². The Balaban J connectivity index is 1.92. The van der Waals surface area contributed by atoms with Gasteiger partial charge in [0, 0.05) is 11.6 Å². The van der Waals surface area contributed by atoms with Gasteiger partial charge in [-0.05, 0) is 57.1 Å². The van der Waals surface area contributed by atoms with Crippen molar-refractivity contribution in [3.63, 3.8) is 0 Å². The first-order valence-electron chi connectivity index (χ1n) is 6.99. The summed E-state index contributed by atoms with van der Waals surface area (Å²) in [5.74, 6) is -0.222. The molecule has 0 saturated carbocycles. The summed E-state index contributed by atoms with van der Waals surface area (Å²) in [6, 6.07) is 6.78. The topological polar surface area (TPSA) is 67.4 Å². The fourth-order valence-electron chi connectivity index (χ4n) is 2.23. The summed E-state index contributed by atoms with van der Waals surface area (Å²) in [5.41, 5.74) is 1.20. The van der Waals surface area contributed by atoms with Gasteiger partial charge < -0.3 is 15.4 Å². The molecule has 5 heteroatoms. The number of carbonyl (C=O) groups is 2. The quantitative estimate of drug-likeness (QED) is 0.823. The Bertz CT molecular complexity index is 465. The normalized spacial score (nSPS) is 15.7. The third kappa shape index (κ3) is 3.81. The van der Waals surface area contributed by atoms with Gasteiger partial charge >= 0.3 is 5.97 Å². The zero-order chi connectivity index (χ0) is 14.4. The summed E-state index contributed by atoms with van der Waals surface area (Å²) in [6.07, 6.45) is 1.74. The Hall–Kier alpha value is -1.88. The molecule has 0 radical (unpaired) electrons. The molecule has 2 rings (SSSR count). The number of hydrogen-bond acceptors (Lipinski definition) is 4. The molecule has 108 valence electrons. The van der Waals surface area contributed by atoms with Gasteiger partial charge in [0.05, 0.1) is 12.2 Å². The van der Waals surface area contributed by atoms with E-state index in [1.54, 1.807) is 31.2 Å². The van der Waals surface area contributed by atoms with Crippen molar-refractivity contribution in [2.45, 2.75) is 19.8 Å². The Morgan fingerprint density at radius 2 is 1.90 bits per heavy atom. The maximum Gasteiger partial charge on any atom is 0.338 e. The van der Waals surface area contributed by atoms with Crippen LogP contribution >= 0.6 is 0 Å². The molecule has 0 atom stereocenters. The van der Waals surface area contributed by atoms with Crippen molar-refractivity contribution < 1.29 is 14.3 Å². The van der Waals surface area contributed by atoms with Crippen LogP contribution in [0.4, 0.5) is 5.69 Å². The first kappa shape index (κ1) is 14.5. The molecular formula is C15H20N2O3. The fraction of sp³-hybridized carbons (Fsp3) is 0.467. The molecule has 1 amide bonds. The van der Waals surface area contributed by atoms with E-state index >= 15 is 0 Å². The van der Waals surface area contributed by atoms with Crippen LogP contribution < -0.4 is 10.6 Å². The smallest absolute Gasteiger partial charge is 0.338 e. The highest BCUT2D eigenvalue weighted by Crippen LogP contribution is 2.16. The van der Waals surface area contributed by atoms with Gasteiger partial charge in [-0.2, -0.15) is 0 Å².